The number of likely N-dealkylation sites (tertiary alicyclic amines) is 1. The molecule has 0 spiro atoms. The molecule has 154 valence electrons. The zero-order valence-electron chi connectivity index (χ0n) is 15.9. The van der Waals surface area contributed by atoms with Gasteiger partial charge in [0.2, 0.25) is 15.9 Å². The van der Waals surface area contributed by atoms with Gasteiger partial charge in [-0.2, -0.15) is 0 Å². The molecule has 29 heavy (non-hydrogen) atoms. The van der Waals surface area contributed by atoms with Crippen LogP contribution in [0.25, 0.3) is 0 Å². The van der Waals surface area contributed by atoms with Gasteiger partial charge in [0.05, 0.1) is 23.7 Å². The lowest BCUT2D eigenvalue weighted by Gasteiger charge is -2.26. The molecule has 2 amide bonds. The Kier molecular flexibility index (Phi) is 5.42. The van der Waals surface area contributed by atoms with Gasteiger partial charge in [0.25, 0.3) is 5.91 Å². The van der Waals surface area contributed by atoms with Crippen LogP contribution in [-0.2, 0) is 14.8 Å². The first-order chi connectivity index (χ1) is 14.0. The van der Waals surface area contributed by atoms with Gasteiger partial charge in [0.1, 0.15) is 5.76 Å². The summed E-state index contributed by atoms with van der Waals surface area (Å²) in [5.41, 5.74) is 0.659. The van der Waals surface area contributed by atoms with Crippen LogP contribution in [0.4, 0.5) is 5.69 Å². The van der Waals surface area contributed by atoms with Crippen LogP contribution in [0.5, 0.6) is 0 Å². The summed E-state index contributed by atoms with van der Waals surface area (Å²) >= 11 is 0. The minimum Gasteiger partial charge on any atom is -0.468 e. The summed E-state index contributed by atoms with van der Waals surface area (Å²) in [6, 6.07) is 9.76. The van der Waals surface area contributed by atoms with E-state index in [4.69, 9.17) is 4.42 Å². The highest BCUT2D eigenvalue weighted by Gasteiger charge is 2.36. The second kappa shape index (κ2) is 8.00. The molecule has 0 unspecified atom stereocenters. The molecule has 4 rings (SSSR count). The third kappa shape index (κ3) is 4.06. The molecule has 1 aromatic carbocycles. The average Bonchev–Trinajstić information content (AvgIpc) is 3.45. The first-order valence-electron chi connectivity index (χ1n) is 9.67. The van der Waals surface area contributed by atoms with Crippen LogP contribution in [-0.4, -0.2) is 50.5 Å². The largest absolute Gasteiger partial charge is 0.468 e. The van der Waals surface area contributed by atoms with Crippen LogP contribution in [0.3, 0.4) is 0 Å². The van der Waals surface area contributed by atoms with Crippen LogP contribution in [0.15, 0.2) is 47.1 Å². The normalized spacial score (nSPS) is 20.1. The van der Waals surface area contributed by atoms with Crippen molar-refractivity contribution >= 4 is 27.5 Å². The molecule has 9 heteroatoms. The van der Waals surface area contributed by atoms with E-state index in [1.165, 1.54) is 24.3 Å². The molecule has 2 saturated heterocycles. The zero-order chi connectivity index (χ0) is 20.4. The summed E-state index contributed by atoms with van der Waals surface area (Å²) in [6.45, 7) is 2.34. The predicted molar refractivity (Wildman–Crippen MR) is 107 cm³/mol. The molecule has 0 saturated carbocycles. The lowest BCUT2D eigenvalue weighted by molar-refractivity contribution is -0.116. The molecule has 2 aliphatic heterocycles. The maximum atomic E-state index is 12.6. The Balaban J connectivity index is 1.43. The van der Waals surface area contributed by atoms with Gasteiger partial charge in [-0.3, -0.25) is 14.5 Å². The monoisotopic (exact) mass is 417 g/mol. The molecule has 8 nitrogen and oxygen atoms in total. The Hall–Kier alpha value is -2.65. The quantitative estimate of drug-likeness (QED) is 0.771. The van der Waals surface area contributed by atoms with E-state index in [1.54, 1.807) is 6.26 Å². The third-order valence-electron chi connectivity index (χ3n) is 5.35. The van der Waals surface area contributed by atoms with Crippen molar-refractivity contribution in [3.8, 4) is 0 Å². The minimum atomic E-state index is -3.61. The number of benzene rings is 1. The Morgan fingerprint density at radius 1 is 1.14 bits per heavy atom. The summed E-state index contributed by atoms with van der Waals surface area (Å²) in [5.74, 6) is -0.0732. The van der Waals surface area contributed by atoms with Gasteiger partial charge in [-0.15, -0.1) is 0 Å². The van der Waals surface area contributed by atoms with Gasteiger partial charge in [-0.1, -0.05) is 0 Å². The molecular formula is C20H23N3O5S. The third-order valence-corrected chi connectivity index (χ3v) is 7.04. The van der Waals surface area contributed by atoms with Crippen molar-refractivity contribution in [2.75, 3.05) is 29.7 Å². The van der Waals surface area contributed by atoms with Crippen LogP contribution in [0, 0.1) is 0 Å². The number of sulfonamides is 1. The maximum Gasteiger partial charge on any atom is 0.251 e. The molecule has 3 heterocycles. The topological polar surface area (TPSA) is 99.9 Å². The highest BCUT2D eigenvalue weighted by Crippen LogP contribution is 2.26. The number of hydrogen-bond acceptors (Lipinski definition) is 6. The molecule has 2 aliphatic rings. The number of furan rings is 1. The van der Waals surface area contributed by atoms with Crippen molar-refractivity contribution in [1.29, 1.82) is 0 Å². The summed E-state index contributed by atoms with van der Waals surface area (Å²) < 4.78 is 30.4. The van der Waals surface area contributed by atoms with E-state index in [0.29, 0.717) is 12.1 Å². The average molecular weight is 417 g/mol. The molecule has 1 atom stereocenters. The number of amides is 2. The number of nitrogens with zero attached hydrogens (tertiary/aromatic N) is 2. The predicted octanol–water partition coefficient (Wildman–Crippen LogP) is 1.91. The van der Waals surface area contributed by atoms with Crippen LogP contribution in [0.1, 0.15) is 41.4 Å². The van der Waals surface area contributed by atoms with Gasteiger partial charge < -0.3 is 9.73 Å². The van der Waals surface area contributed by atoms with Gasteiger partial charge in [-0.25, -0.2) is 12.7 Å². The Morgan fingerprint density at radius 3 is 2.45 bits per heavy atom. The number of carbonyl (C=O) groups is 2. The van der Waals surface area contributed by atoms with Crippen LogP contribution < -0.4 is 9.62 Å². The molecule has 0 bridgehead atoms. The number of rotatable bonds is 6. The maximum absolute atomic E-state index is 12.6. The van der Waals surface area contributed by atoms with Gasteiger partial charge in [0.15, 0.2) is 0 Å². The van der Waals surface area contributed by atoms with Crippen LogP contribution in [0.2, 0.25) is 0 Å². The second-order valence-corrected chi connectivity index (χ2v) is 9.19. The molecule has 0 radical (unpaired) electrons. The number of anilines is 1. The lowest BCUT2D eigenvalue weighted by Crippen LogP contribution is -2.36. The van der Waals surface area contributed by atoms with Gasteiger partial charge in [0, 0.05) is 18.5 Å². The van der Waals surface area contributed by atoms with Crippen molar-refractivity contribution in [2.45, 2.75) is 25.3 Å². The summed E-state index contributed by atoms with van der Waals surface area (Å²) in [5, 5.41) is 2.94. The van der Waals surface area contributed by atoms with Crippen molar-refractivity contribution in [3.05, 3.63) is 54.0 Å². The van der Waals surface area contributed by atoms with Crippen molar-refractivity contribution in [2.24, 2.45) is 0 Å². The van der Waals surface area contributed by atoms with E-state index in [1.807, 2.05) is 12.1 Å². The fraction of sp³-hybridized carbons (Fsp3) is 0.400. The molecule has 2 aromatic rings. The van der Waals surface area contributed by atoms with Gasteiger partial charge >= 0.3 is 0 Å². The van der Waals surface area contributed by atoms with E-state index in [2.05, 4.69) is 10.2 Å². The number of nitrogens with one attached hydrogen (secondary N) is 1. The lowest BCUT2D eigenvalue weighted by atomic mass is 10.1. The smallest absolute Gasteiger partial charge is 0.251 e. The Bertz CT molecular complexity index is 980. The van der Waals surface area contributed by atoms with Crippen LogP contribution >= 0.6 is 0 Å². The van der Waals surface area contributed by atoms with Crippen molar-refractivity contribution < 1.29 is 22.4 Å². The molecular weight excluding hydrogens is 394 g/mol. The molecule has 1 N–H and O–H groups in total. The highest BCUT2D eigenvalue weighted by molar-refractivity contribution is 7.94. The molecule has 2 fully saturated rings. The Labute approximate surface area is 169 Å². The SMILES string of the molecule is O=C(NC[C@@H](c1ccco1)N1CCCC1)c1ccc(N2C(=O)CCS2(=O)=O)cc1. The summed E-state index contributed by atoms with van der Waals surface area (Å²) in [6.07, 6.45) is 3.87. The van der Waals surface area contributed by atoms with E-state index in [9.17, 15) is 18.0 Å². The van der Waals surface area contributed by atoms with E-state index < -0.39 is 15.9 Å². The minimum absolute atomic E-state index is 0.0186. The number of hydrogen-bond donors (Lipinski definition) is 1. The zero-order valence-corrected chi connectivity index (χ0v) is 16.7. The summed E-state index contributed by atoms with van der Waals surface area (Å²) in [7, 11) is -3.61. The first kappa shape index (κ1) is 19.7. The Morgan fingerprint density at radius 2 is 1.86 bits per heavy atom. The van der Waals surface area contributed by atoms with E-state index in [0.717, 1.165) is 36.0 Å². The van der Waals surface area contributed by atoms with Gasteiger partial charge in [-0.05, 0) is 62.3 Å². The first-order valence-corrected chi connectivity index (χ1v) is 11.3. The highest BCUT2D eigenvalue weighted by atomic mass is 32.2. The van der Waals surface area contributed by atoms with E-state index in [-0.39, 0.29) is 29.8 Å². The van der Waals surface area contributed by atoms with Crippen molar-refractivity contribution in [1.82, 2.24) is 10.2 Å². The second-order valence-electron chi connectivity index (χ2n) is 7.26. The number of carbonyl (C=O) groups excluding carboxylic acids is 2. The fourth-order valence-electron chi connectivity index (χ4n) is 3.85. The summed E-state index contributed by atoms with van der Waals surface area (Å²) in [4.78, 5) is 26.8. The van der Waals surface area contributed by atoms with E-state index >= 15 is 0 Å². The fourth-order valence-corrected chi connectivity index (χ4v) is 5.31. The molecule has 1 aromatic heterocycles. The molecule has 0 aliphatic carbocycles. The standard InChI is InChI=1S/C20H23N3O5S/c24-19-9-13-29(26,27)23(19)16-7-5-15(6-8-16)20(25)21-14-17(18-4-3-12-28-18)22-10-1-2-11-22/h3-8,12,17H,1-2,9-11,13-14H2,(H,21,25)/t17-/m0/s1. The van der Waals surface area contributed by atoms with Crippen molar-refractivity contribution in [3.63, 3.8) is 0 Å².